The third-order valence-electron chi connectivity index (χ3n) is 0.630. The molecule has 0 unspecified atom stereocenters. The fraction of sp³-hybridized carbons (Fsp3) is 0.818. The van der Waals surface area contributed by atoms with Crippen molar-refractivity contribution in [3.8, 4) is 0 Å². The van der Waals surface area contributed by atoms with Crippen LogP contribution in [-0.4, -0.2) is 57.0 Å². The number of aliphatic hydroxyl groups excluding tert-OH is 1. The molecule has 5 heteroatoms. The predicted molar refractivity (Wildman–Crippen MR) is 70.6 cm³/mol. The highest BCUT2D eigenvalue weighted by Gasteiger charge is 1.87. The number of hydrogen-bond donors (Lipinski definition) is 2. The highest BCUT2D eigenvalue weighted by Crippen LogP contribution is 1.69. The molecule has 0 aromatic rings. The van der Waals surface area contributed by atoms with Crippen LogP contribution in [0.3, 0.4) is 0 Å². The van der Waals surface area contributed by atoms with E-state index in [4.69, 9.17) is 9.90 Å². The second-order valence-corrected chi connectivity index (χ2v) is 2.47. The standard InChI is InChI=1S/C4H9NO.C2H7N.C2H6O.C2H4O.CH4/c1-4(6)5(2)3;1-3-2;2*1-2-3;/h1-3H3;3H,1-2H3;3H,2H2,1H3;2H,1H3;1H4. The summed E-state index contributed by atoms with van der Waals surface area (Å²) < 4.78 is 0. The van der Waals surface area contributed by atoms with Gasteiger partial charge in [-0.3, -0.25) is 4.79 Å². The van der Waals surface area contributed by atoms with Crippen LogP contribution in [0.15, 0.2) is 0 Å². The summed E-state index contributed by atoms with van der Waals surface area (Å²) in [6.45, 7) is 4.90. The number of nitrogens with one attached hydrogen (secondary N) is 1. The van der Waals surface area contributed by atoms with E-state index >= 15 is 0 Å². The Hall–Kier alpha value is -0.940. The Kier molecular flexibility index (Phi) is 67.9. The Morgan fingerprint density at radius 1 is 1.38 bits per heavy atom. The van der Waals surface area contributed by atoms with Crippen LogP contribution in [0.1, 0.15) is 28.2 Å². The van der Waals surface area contributed by atoms with Crippen LogP contribution in [0.25, 0.3) is 0 Å². The second kappa shape index (κ2) is 36.9. The molecule has 0 aromatic carbocycles. The Labute approximate surface area is 101 Å². The minimum Gasteiger partial charge on any atom is -0.397 e. The molecule has 0 bridgehead atoms. The van der Waals surface area contributed by atoms with E-state index in [1.54, 1.807) is 21.0 Å². The van der Waals surface area contributed by atoms with Gasteiger partial charge < -0.3 is 20.1 Å². The summed E-state index contributed by atoms with van der Waals surface area (Å²) in [5, 5.41) is 10.3. The molecular weight excluding hydrogens is 208 g/mol. The van der Waals surface area contributed by atoms with Gasteiger partial charge in [-0.15, -0.1) is 0 Å². The number of carbonyl (C=O) groups is 2. The average Bonchev–Trinajstić information content (AvgIpc) is 2.07. The van der Waals surface area contributed by atoms with Crippen molar-refractivity contribution in [3.05, 3.63) is 0 Å². The van der Waals surface area contributed by atoms with Crippen LogP contribution in [0.2, 0.25) is 0 Å². The zero-order chi connectivity index (χ0) is 13.3. The van der Waals surface area contributed by atoms with Gasteiger partial charge in [-0.25, -0.2) is 0 Å². The van der Waals surface area contributed by atoms with Gasteiger partial charge in [0.15, 0.2) is 0 Å². The lowest BCUT2D eigenvalue weighted by Gasteiger charge is -2.02. The molecule has 0 spiro atoms. The largest absolute Gasteiger partial charge is 0.397 e. The molecule has 102 valence electrons. The van der Waals surface area contributed by atoms with Crippen LogP contribution in [-0.2, 0) is 9.59 Å². The van der Waals surface area contributed by atoms with E-state index in [1.807, 2.05) is 14.1 Å². The van der Waals surface area contributed by atoms with Crippen LogP contribution in [0, 0.1) is 0 Å². The summed E-state index contributed by atoms with van der Waals surface area (Å²) in [7, 11) is 7.20. The smallest absolute Gasteiger partial charge is 0.218 e. The van der Waals surface area contributed by atoms with Crippen LogP contribution >= 0.6 is 0 Å². The normalized spacial score (nSPS) is 6.00. The predicted octanol–water partition coefficient (Wildman–Crippen LogP) is 0.770. The summed E-state index contributed by atoms with van der Waals surface area (Å²) in [6.07, 6.45) is 0.750. The third-order valence-corrected chi connectivity index (χ3v) is 0.630. The van der Waals surface area contributed by atoms with Gasteiger partial charge in [-0.2, -0.15) is 0 Å². The maximum Gasteiger partial charge on any atom is 0.218 e. The van der Waals surface area contributed by atoms with Gasteiger partial charge in [0, 0.05) is 27.6 Å². The van der Waals surface area contributed by atoms with Crippen molar-refractivity contribution in [1.82, 2.24) is 10.2 Å². The summed E-state index contributed by atoms with van der Waals surface area (Å²) in [5.41, 5.74) is 0. The molecule has 0 fully saturated rings. The zero-order valence-corrected chi connectivity index (χ0v) is 11.0. The highest BCUT2D eigenvalue weighted by atomic mass is 16.2. The topological polar surface area (TPSA) is 69.6 Å². The number of amides is 1. The van der Waals surface area contributed by atoms with Gasteiger partial charge in [0.2, 0.25) is 5.91 Å². The van der Waals surface area contributed by atoms with Gasteiger partial charge in [0.25, 0.3) is 0 Å². The third kappa shape index (κ3) is 203. The summed E-state index contributed by atoms with van der Waals surface area (Å²) >= 11 is 0. The molecule has 1 amide bonds. The van der Waals surface area contributed by atoms with Crippen LogP contribution in [0.4, 0.5) is 0 Å². The molecule has 0 saturated carbocycles. The lowest BCUT2D eigenvalue weighted by Crippen LogP contribution is -2.17. The maximum absolute atomic E-state index is 10.1. The SMILES string of the molecule is C.CC(=O)N(C)C.CC=O.CCO.CNC. The van der Waals surface area contributed by atoms with E-state index in [-0.39, 0.29) is 19.9 Å². The first-order valence-electron chi connectivity index (χ1n) is 4.66. The lowest BCUT2D eigenvalue weighted by molar-refractivity contribution is -0.126. The van der Waals surface area contributed by atoms with Crippen LogP contribution < -0.4 is 5.32 Å². The molecule has 0 aromatic heterocycles. The summed E-state index contributed by atoms with van der Waals surface area (Å²) in [5.74, 6) is 0.0926. The number of carbonyl (C=O) groups excluding carboxylic acids is 2. The Morgan fingerprint density at radius 3 is 1.44 bits per heavy atom. The van der Waals surface area contributed by atoms with E-state index in [1.165, 1.54) is 18.7 Å². The van der Waals surface area contributed by atoms with Crippen molar-refractivity contribution in [2.45, 2.75) is 28.2 Å². The monoisotopic (exact) mass is 238 g/mol. The molecule has 0 aliphatic heterocycles. The van der Waals surface area contributed by atoms with E-state index < -0.39 is 0 Å². The molecular formula is C11H30N2O3. The van der Waals surface area contributed by atoms with Gasteiger partial charge in [0.05, 0.1) is 0 Å². The average molecular weight is 238 g/mol. The quantitative estimate of drug-likeness (QED) is 0.612. The van der Waals surface area contributed by atoms with Gasteiger partial charge in [-0.1, -0.05) is 7.43 Å². The first-order valence-corrected chi connectivity index (χ1v) is 4.66. The minimum atomic E-state index is 0. The molecule has 0 rings (SSSR count). The molecule has 0 atom stereocenters. The molecule has 0 heterocycles. The van der Waals surface area contributed by atoms with Crippen LogP contribution in [0.5, 0.6) is 0 Å². The van der Waals surface area contributed by atoms with Crippen molar-refractivity contribution in [3.63, 3.8) is 0 Å². The van der Waals surface area contributed by atoms with E-state index in [2.05, 4.69) is 5.32 Å². The number of rotatable bonds is 0. The number of aliphatic hydroxyl groups is 1. The Morgan fingerprint density at radius 2 is 1.44 bits per heavy atom. The molecule has 2 N–H and O–H groups in total. The Balaban J connectivity index is -0.0000000353. The summed E-state index contributed by atoms with van der Waals surface area (Å²) in [4.78, 5) is 20.4. The van der Waals surface area contributed by atoms with Gasteiger partial charge >= 0.3 is 0 Å². The van der Waals surface area contributed by atoms with Gasteiger partial charge in [-0.05, 0) is 27.9 Å². The molecule has 5 nitrogen and oxygen atoms in total. The highest BCUT2D eigenvalue weighted by molar-refractivity contribution is 5.72. The second-order valence-electron chi connectivity index (χ2n) is 2.47. The molecule has 0 aliphatic carbocycles. The number of aldehydes is 1. The van der Waals surface area contributed by atoms with Gasteiger partial charge in [0.1, 0.15) is 6.29 Å². The van der Waals surface area contributed by atoms with Crippen molar-refractivity contribution < 1.29 is 14.7 Å². The molecule has 0 aliphatic rings. The fourth-order valence-electron chi connectivity index (χ4n) is 0. The first-order chi connectivity index (χ1) is 6.89. The first kappa shape index (κ1) is 29.4. The van der Waals surface area contributed by atoms with Crippen molar-refractivity contribution in [1.29, 1.82) is 0 Å². The molecule has 16 heavy (non-hydrogen) atoms. The van der Waals surface area contributed by atoms with E-state index in [0.717, 1.165) is 6.29 Å². The lowest BCUT2D eigenvalue weighted by atomic mass is 10.7. The Bertz CT molecular complexity index is 116. The maximum atomic E-state index is 10.1. The van der Waals surface area contributed by atoms with Crippen molar-refractivity contribution >= 4 is 12.2 Å². The molecule has 0 radical (unpaired) electrons. The van der Waals surface area contributed by atoms with Crippen molar-refractivity contribution in [2.75, 3.05) is 34.8 Å². The minimum absolute atomic E-state index is 0. The van der Waals surface area contributed by atoms with E-state index in [9.17, 15) is 4.79 Å². The number of hydrogen-bond acceptors (Lipinski definition) is 4. The number of nitrogens with zero attached hydrogens (tertiary/aromatic N) is 1. The van der Waals surface area contributed by atoms with Crippen molar-refractivity contribution in [2.24, 2.45) is 0 Å². The molecule has 0 saturated heterocycles. The van der Waals surface area contributed by atoms with E-state index in [0.29, 0.717) is 0 Å². The fourth-order valence-corrected chi connectivity index (χ4v) is 0. The zero-order valence-electron chi connectivity index (χ0n) is 11.0. The summed E-state index contributed by atoms with van der Waals surface area (Å²) in [6, 6.07) is 0.